The minimum absolute atomic E-state index is 0.115. The Morgan fingerprint density at radius 3 is 2.55 bits per heavy atom. The fraction of sp³-hybridized carbons (Fsp3) is 0.208. The second-order valence-corrected chi connectivity index (χ2v) is 10.4. The van der Waals surface area contributed by atoms with Crippen LogP contribution in [0.1, 0.15) is 18.2 Å². The number of hydrogen-bond acceptors (Lipinski definition) is 7. The highest BCUT2D eigenvalue weighted by molar-refractivity contribution is 7.91. The Labute approximate surface area is 196 Å². The van der Waals surface area contributed by atoms with Gasteiger partial charge in [-0.2, -0.15) is 0 Å². The van der Waals surface area contributed by atoms with E-state index in [9.17, 15) is 13.2 Å². The number of amides is 1. The van der Waals surface area contributed by atoms with Gasteiger partial charge in [-0.1, -0.05) is 53.8 Å². The van der Waals surface area contributed by atoms with Crippen LogP contribution in [-0.2, 0) is 26.9 Å². The molecule has 2 aromatic carbocycles. The van der Waals surface area contributed by atoms with Gasteiger partial charge < -0.3 is 4.74 Å². The number of carbonyl (C=O) groups excluding carboxylic acids is 1. The van der Waals surface area contributed by atoms with Crippen molar-refractivity contribution in [1.82, 2.24) is 9.97 Å². The number of ether oxygens (including phenoxy) is 1. The molecule has 170 valence electrons. The summed E-state index contributed by atoms with van der Waals surface area (Å²) in [5.74, 6) is -0.748. The number of thiazole rings is 1. The number of sulfone groups is 1. The van der Waals surface area contributed by atoms with Crippen LogP contribution in [0.25, 0.3) is 10.2 Å². The van der Waals surface area contributed by atoms with Gasteiger partial charge in [0.25, 0.3) is 0 Å². The summed E-state index contributed by atoms with van der Waals surface area (Å²) in [6, 6.07) is 19.8. The number of fused-ring (bicyclic) bond motifs is 1. The highest BCUT2D eigenvalue weighted by atomic mass is 32.2. The normalized spacial score (nSPS) is 11.4. The first-order valence-electron chi connectivity index (χ1n) is 10.4. The van der Waals surface area contributed by atoms with Crippen LogP contribution in [0.5, 0.6) is 5.75 Å². The lowest BCUT2D eigenvalue weighted by molar-refractivity contribution is -0.116. The monoisotopic (exact) mass is 481 g/mol. The second kappa shape index (κ2) is 10.1. The molecule has 0 N–H and O–H groups in total. The summed E-state index contributed by atoms with van der Waals surface area (Å²) in [6.45, 7) is 2.49. The Bertz CT molecular complexity index is 1340. The van der Waals surface area contributed by atoms with Crippen molar-refractivity contribution in [2.75, 3.05) is 17.3 Å². The molecule has 4 rings (SSSR count). The van der Waals surface area contributed by atoms with Gasteiger partial charge in [-0.25, -0.2) is 13.4 Å². The fourth-order valence-electron chi connectivity index (χ4n) is 3.36. The quantitative estimate of drug-likeness (QED) is 0.355. The highest BCUT2D eigenvalue weighted by Crippen LogP contribution is 2.35. The lowest BCUT2D eigenvalue weighted by Crippen LogP contribution is -2.36. The molecule has 0 aliphatic carbocycles. The molecule has 0 aliphatic rings. The van der Waals surface area contributed by atoms with Gasteiger partial charge in [0.05, 0.1) is 29.3 Å². The van der Waals surface area contributed by atoms with E-state index in [1.54, 1.807) is 42.6 Å². The van der Waals surface area contributed by atoms with Crippen LogP contribution in [0.3, 0.4) is 0 Å². The van der Waals surface area contributed by atoms with Crippen molar-refractivity contribution in [3.63, 3.8) is 0 Å². The Kier molecular flexibility index (Phi) is 7.00. The summed E-state index contributed by atoms with van der Waals surface area (Å²) in [5.41, 5.74) is 1.92. The third-order valence-electron chi connectivity index (χ3n) is 4.82. The van der Waals surface area contributed by atoms with E-state index in [1.165, 1.54) is 16.2 Å². The van der Waals surface area contributed by atoms with Gasteiger partial charge in [0.15, 0.2) is 15.0 Å². The molecule has 0 atom stereocenters. The number of pyridine rings is 1. The van der Waals surface area contributed by atoms with Gasteiger partial charge in [0, 0.05) is 6.20 Å². The number of carbonyl (C=O) groups is 1. The number of benzene rings is 2. The third-order valence-corrected chi connectivity index (χ3v) is 7.33. The number of hydrogen-bond donors (Lipinski definition) is 0. The first-order chi connectivity index (χ1) is 15.9. The van der Waals surface area contributed by atoms with E-state index < -0.39 is 21.5 Å². The smallest absolute Gasteiger partial charge is 0.244 e. The Morgan fingerprint density at radius 1 is 1.03 bits per heavy atom. The van der Waals surface area contributed by atoms with E-state index >= 15 is 0 Å². The molecule has 0 saturated carbocycles. The number of para-hydroxylation sites is 1. The predicted molar refractivity (Wildman–Crippen MR) is 130 cm³/mol. The van der Waals surface area contributed by atoms with E-state index in [1.807, 2.05) is 37.3 Å². The van der Waals surface area contributed by atoms with E-state index in [4.69, 9.17) is 4.74 Å². The van der Waals surface area contributed by atoms with E-state index in [0.717, 1.165) is 4.70 Å². The zero-order valence-electron chi connectivity index (χ0n) is 18.0. The Balaban J connectivity index is 1.66. The summed E-state index contributed by atoms with van der Waals surface area (Å²) in [5, 5.41) is 0.405. The second-order valence-electron chi connectivity index (χ2n) is 7.35. The maximum absolute atomic E-state index is 13.3. The van der Waals surface area contributed by atoms with Gasteiger partial charge in [-0.15, -0.1) is 0 Å². The minimum atomic E-state index is -3.69. The summed E-state index contributed by atoms with van der Waals surface area (Å²) in [7, 11) is -3.69. The molecular formula is C24H23N3O4S2. The van der Waals surface area contributed by atoms with Crippen molar-refractivity contribution in [2.45, 2.75) is 19.2 Å². The third kappa shape index (κ3) is 5.74. The fourth-order valence-corrected chi connectivity index (χ4v) is 5.69. The lowest BCUT2D eigenvalue weighted by Gasteiger charge is -2.19. The van der Waals surface area contributed by atoms with Crippen LogP contribution in [0, 0.1) is 0 Å². The molecular weight excluding hydrogens is 458 g/mol. The Hall–Kier alpha value is -3.30. The molecule has 9 heteroatoms. The topological polar surface area (TPSA) is 89.5 Å². The van der Waals surface area contributed by atoms with Crippen LogP contribution in [0.2, 0.25) is 0 Å². The van der Waals surface area contributed by atoms with Crippen molar-refractivity contribution in [3.8, 4) is 5.75 Å². The summed E-state index contributed by atoms with van der Waals surface area (Å²) < 4.78 is 32.1. The molecule has 0 radical (unpaired) electrons. The van der Waals surface area contributed by atoms with Gasteiger partial charge in [-0.05, 0) is 36.8 Å². The maximum atomic E-state index is 13.3. The van der Waals surface area contributed by atoms with Gasteiger partial charge in [0.1, 0.15) is 17.0 Å². The maximum Gasteiger partial charge on any atom is 0.244 e. The molecule has 0 aliphatic heterocycles. The molecule has 2 heterocycles. The molecule has 0 bridgehead atoms. The van der Waals surface area contributed by atoms with Gasteiger partial charge in [-0.3, -0.25) is 14.7 Å². The SMILES string of the molecule is CCOc1cccc2sc(N(Cc3ccccn3)C(=O)CS(=O)(=O)Cc3ccccc3)nc12. The van der Waals surface area contributed by atoms with E-state index in [2.05, 4.69) is 9.97 Å². The largest absolute Gasteiger partial charge is 0.492 e. The standard InChI is InChI=1S/C24H23N3O4S2/c1-2-31-20-12-8-13-21-23(20)26-24(32-21)27(15-19-11-6-7-14-25-19)22(28)17-33(29,30)16-18-9-4-3-5-10-18/h3-14H,2,15-17H2,1H3. The molecule has 1 amide bonds. The predicted octanol–water partition coefficient (Wildman–Crippen LogP) is 4.24. The average molecular weight is 482 g/mol. The summed E-state index contributed by atoms with van der Waals surface area (Å²) in [6.07, 6.45) is 1.63. The molecule has 0 fully saturated rings. The summed E-state index contributed by atoms with van der Waals surface area (Å²) in [4.78, 5) is 23.6. The van der Waals surface area contributed by atoms with Crippen LogP contribution < -0.4 is 9.64 Å². The van der Waals surface area contributed by atoms with Crippen LogP contribution in [-0.4, -0.2) is 36.7 Å². The van der Waals surface area contributed by atoms with Crippen molar-refractivity contribution < 1.29 is 17.9 Å². The molecule has 0 spiro atoms. The van der Waals surface area contributed by atoms with Gasteiger partial charge in [0.2, 0.25) is 5.91 Å². The molecule has 0 unspecified atom stereocenters. The van der Waals surface area contributed by atoms with Crippen molar-refractivity contribution in [1.29, 1.82) is 0 Å². The number of rotatable bonds is 9. The minimum Gasteiger partial charge on any atom is -0.492 e. The van der Waals surface area contributed by atoms with E-state index in [-0.39, 0.29) is 12.3 Å². The van der Waals surface area contributed by atoms with Crippen LogP contribution in [0.4, 0.5) is 5.13 Å². The van der Waals surface area contributed by atoms with E-state index in [0.29, 0.717) is 34.3 Å². The Morgan fingerprint density at radius 2 is 1.82 bits per heavy atom. The number of anilines is 1. The average Bonchev–Trinajstić information content (AvgIpc) is 3.23. The molecule has 0 saturated heterocycles. The van der Waals surface area contributed by atoms with Crippen LogP contribution >= 0.6 is 11.3 Å². The number of aromatic nitrogens is 2. The number of nitrogens with zero attached hydrogens (tertiary/aromatic N) is 3. The first-order valence-corrected chi connectivity index (χ1v) is 13.1. The van der Waals surface area contributed by atoms with Crippen molar-refractivity contribution in [2.24, 2.45) is 0 Å². The summed E-state index contributed by atoms with van der Waals surface area (Å²) >= 11 is 1.31. The molecule has 33 heavy (non-hydrogen) atoms. The first kappa shape index (κ1) is 22.9. The van der Waals surface area contributed by atoms with Crippen molar-refractivity contribution in [3.05, 3.63) is 84.2 Å². The van der Waals surface area contributed by atoms with Gasteiger partial charge >= 0.3 is 0 Å². The molecule has 7 nitrogen and oxygen atoms in total. The molecule has 2 aromatic heterocycles. The zero-order valence-corrected chi connectivity index (χ0v) is 19.7. The van der Waals surface area contributed by atoms with Crippen molar-refractivity contribution >= 4 is 42.4 Å². The zero-order chi connectivity index (χ0) is 23.3. The molecule has 4 aromatic rings. The highest BCUT2D eigenvalue weighted by Gasteiger charge is 2.26. The van der Waals surface area contributed by atoms with Crippen LogP contribution in [0.15, 0.2) is 72.9 Å². The lowest BCUT2D eigenvalue weighted by atomic mass is 10.2.